The quantitative estimate of drug-likeness (QED) is 0.619. The number of hydrogen-bond donors (Lipinski definition) is 2. The largest absolute Gasteiger partial charge is 0.325 e. The Morgan fingerprint density at radius 1 is 1.18 bits per heavy atom. The maximum absolute atomic E-state index is 12.7. The van der Waals surface area contributed by atoms with Crippen LogP contribution in [0.25, 0.3) is 0 Å². The summed E-state index contributed by atoms with van der Waals surface area (Å²) in [5.41, 5.74) is 0.424. The smallest absolute Gasteiger partial charge is 0.262 e. The lowest BCUT2D eigenvalue weighted by Gasteiger charge is -2.18. The monoisotopic (exact) mass is 404 g/mol. The minimum atomic E-state index is -3.74. The van der Waals surface area contributed by atoms with Gasteiger partial charge in [-0.2, -0.15) is 0 Å². The van der Waals surface area contributed by atoms with Crippen molar-refractivity contribution in [3.05, 3.63) is 49.6 Å². The third-order valence-corrected chi connectivity index (χ3v) is 5.58. The predicted molar refractivity (Wildman–Crippen MR) is 113 cm³/mol. The van der Waals surface area contributed by atoms with Crippen LogP contribution in [-0.2, 0) is 14.8 Å². The number of amides is 1. The van der Waals surface area contributed by atoms with Crippen LogP contribution in [0.1, 0.15) is 25.7 Å². The van der Waals surface area contributed by atoms with Crippen molar-refractivity contribution in [2.45, 2.75) is 30.6 Å². The molecule has 0 aromatic heterocycles. The van der Waals surface area contributed by atoms with Gasteiger partial charge in [-0.1, -0.05) is 24.6 Å². The van der Waals surface area contributed by atoms with E-state index in [0.717, 1.165) is 19.3 Å². The van der Waals surface area contributed by atoms with Crippen molar-refractivity contribution in [2.24, 2.45) is 4.99 Å². The van der Waals surface area contributed by atoms with Gasteiger partial charge in [-0.25, -0.2) is 8.42 Å². The number of aliphatic imine (C=N–C) groups is 1. The first-order valence-electron chi connectivity index (χ1n) is 9.35. The van der Waals surface area contributed by atoms with Crippen LogP contribution in [0.5, 0.6) is 0 Å². The highest BCUT2D eigenvalue weighted by molar-refractivity contribution is 7.90. The summed E-state index contributed by atoms with van der Waals surface area (Å²) in [5.74, 6) is 0.260. The standard InChI is InChI=1S/C20H28N4O3S/c1-3-13-24(14-4-2)16-20(25)22-17-9-8-10-18(15-17)28(26,27)23-19-11-6-5-7-12-21-19/h3-4,8-10,15H,1-2,5-7,11-14,16H2,(H,21,23)(H,22,25). The summed E-state index contributed by atoms with van der Waals surface area (Å²) in [6, 6.07) is 6.20. The second-order valence-electron chi connectivity index (χ2n) is 6.59. The molecule has 0 unspecified atom stereocenters. The average Bonchev–Trinajstić information content (AvgIpc) is 2.90. The maximum atomic E-state index is 12.7. The molecule has 2 N–H and O–H groups in total. The van der Waals surface area contributed by atoms with Gasteiger partial charge in [-0.15, -0.1) is 13.2 Å². The van der Waals surface area contributed by atoms with Crippen molar-refractivity contribution in [3.8, 4) is 0 Å². The fourth-order valence-corrected chi connectivity index (χ4v) is 4.02. The lowest BCUT2D eigenvalue weighted by molar-refractivity contribution is -0.117. The minimum absolute atomic E-state index is 0.0892. The van der Waals surface area contributed by atoms with Gasteiger partial charge >= 0.3 is 0 Å². The van der Waals surface area contributed by atoms with Crippen LogP contribution < -0.4 is 10.0 Å². The molecule has 0 radical (unpaired) electrons. The molecule has 0 saturated heterocycles. The Labute approximate surface area is 167 Å². The fraction of sp³-hybridized carbons (Fsp3) is 0.400. The lowest BCUT2D eigenvalue weighted by Crippen LogP contribution is -2.33. The molecular formula is C20H28N4O3S. The molecule has 1 heterocycles. The van der Waals surface area contributed by atoms with Gasteiger partial charge in [-0.3, -0.25) is 19.4 Å². The summed E-state index contributed by atoms with van der Waals surface area (Å²) in [4.78, 5) is 18.5. The first kappa shape index (κ1) is 21.8. The van der Waals surface area contributed by atoms with Crippen molar-refractivity contribution >= 4 is 27.5 Å². The first-order valence-corrected chi connectivity index (χ1v) is 10.8. The zero-order valence-corrected chi connectivity index (χ0v) is 16.9. The van der Waals surface area contributed by atoms with Crippen molar-refractivity contribution < 1.29 is 13.2 Å². The Bertz CT molecular complexity index is 824. The Balaban J connectivity index is 2.05. The average molecular weight is 405 g/mol. The van der Waals surface area contributed by atoms with Crippen molar-refractivity contribution in [3.63, 3.8) is 0 Å². The van der Waals surface area contributed by atoms with Crippen molar-refractivity contribution in [1.29, 1.82) is 0 Å². The summed E-state index contributed by atoms with van der Waals surface area (Å²) in [5, 5.41) is 2.74. The number of rotatable bonds is 9. The normalized spacial score (nSPS) is 14.7. The van der Waals surface area contributed by atoms with E-state index in [4.69, 9.17) is 0 Å². The van der Waals surface area contributed by atoms with E-state index in [0.29, 0.717) is 37.6 Å². The van der Waals surface area contributed by atoms with E-state index < -0.39 is 10.0 Å². The van der Waals surface area contributed by atoms with Gasteiger partial charge in [0.25, 0.3) is 10.0 Å². The van der Waals surface area contributed by atoms with E-state index in [1.165, 1.54) is 12.1 Å². The number of nitrogens with one attached hydrogen (secondary N) is 2. The molecule has 0 bridgehead atoms. The topological polar surface area (TPSA) is 90.9 Å². The molecule has 1 aliphatic heterocycles. The molecule has 0 aliphatic carbocycles. The minimum Gasteiger partial charge on any atom is -0.325 e. The van der Waals surface area contributed by atoms with Gasteiger partial charge in [0.15, 0.2) is 0 Å². The highest BCUT2D eigenvalue weighted by atomic mass is 32.2. The number of amidine groups is 1. The number of nitrogens with zero attached hydrogens (tertiary/aromatic N) is 2. The van der Waals surface area contributed by atoms with Crippen molar-refractivity contribution in [1.82, 2.24) is 9.62 Å². The van der Waals surface area contributed by atoms with Crippen molar-refractivity contribution in [2.75, 3.05) is 31.5 Å². The number of carbonyl (C=O) groups excluding carboxylic acids is 1. The summed E-state index contributed by atoms with van der Waals surface area (Å²) < 4.78 is 27.9. The SMILES string of the molecule is C=CCN(CC=C)CC(=O)Nc1cccc(S(=O)(=O)NC2=NCCCCC2)c1. The van der Waals surface area contributed by atoms with Crippen LogP contribution in [0.15, 0.2) is 59.5 Å². The van der Waals surface area contributed by atoms with E-state index >= 15 is 0 Å². The Morgan fingerprint density at radius 2 is 1.93 bits per heavy atom. The lowest BCUT2D eigenvalue weighted by atomic mass is 10.2. The maximum Gasteiger partial charge on any atom is 0.262 e. The molecule has 28 heavy (non-hydrogen) atoms. The molecule has 7 nitrogen and oxygen atoms in total. The zero-order chi connectivity index (χ0) is 20.4. The number of benzene rings is 1. The Hall–Kier alpha value is -2.45. The molecule has 0 saturated carbocycles. The van der Waals surface area contributed by atoms with E-state index in [-0.39, 0.29) is 17.3 Å². The summed E-state index contributed by atoms with van der Waals surface area (Å²) >= 11 is 0. The summed E-state index contributed by atoms with van der Waals surface area (Å²) in [7, 11) is -3.74. The van der Waals surface area contributed by atoms with Crippen LogP contribution in [0.3, 0.4) is 0 Å². The third kappa shape index (κ3) is 6.94. The Kier molecular flexibility index (Phi) is 8.41. The fourth-order valence-electron chi connectivity index (χ4n) is 2.88. The van der Waals surface area contributed by atoms with Crippen LogP contribution >= 0.6 is 0 Å². The Morgan fingerprint density at radius 3 is 2.64 bits per heavy atom. The van der Waals surface area contributed by atoms with Crippen LogP contribution in [0.2, 0.25) is 0 Å². The van der Waals surface area contributed by atoms with Gasteiger partial charge in [-0.05, 0) is 31.0 Å². The number of sulfonamides is 1. The van der Waals surface area contributed by atoms with E-state index in [9.17, 15) is 13.2 Å². The molecular weight excluding hydrogens is 376 g/mol. The van der Waals surface area contributed by atoms with Gasteiger partial charge in [0, 0.05) is 31.7 Å². The summed E-state index contributed by atoms with van der Waals surface area (Å²) in [6.45, 7) is 9.26. The van der Waals surface area contributed by atoms with Gasteiger partial charge < -0.3 is 5.32 Å². The molecule has 0 fully saturated rings. The first-order chi connectivity index (χ1) is 13.4. The predicted octanol–water partition coefficient (Wildman–Crippen LogP) is 2.55. The van der Waals surface area contributed by atoms with E-state index in [1.807, 2.05) is 4.90 Å². The highest BCUT2D eigenvalue weighted by Crippen LogP contribution is 2.16. The van der Waals surface area contributed by atoms with Crippen LogP contribution in [0, 0.1) is 0 Å². The molecule has 1 aromatic carbocycles. The van der Waals surface area contributed by atoms with E-state index in [2.05, 4.69) is 28.2 Å². The number of hydrogen-bond acceptors (Lipinski definition) is 5. The number of anilines is 1. The summed E-state index contributed by atoms with van der Waals surface area (Å²) in [6.07, 6.45) is 6.99. The van der Waals surface area contributed by atoms with Gasteiger partial charge in [0.2, 0.25) is 5.91 Å². The molecule has 152 valence electrons. The molecule has 1 amide bonds. The van der Waals surface area contributed by atoms with Crippen LogP contribution in [0.4, 0.5) is 5.69 Å². The molecule has 2 rings (SSSR count). The molecule has 0 spiro atoms. The van der Waals surface area contributed by atoms with Crippen LogP contribution in [-0.4, -0.2) is 51.2 Å². The molecule has 1 aromatic rings. The second kappa shape index (κ2) is 10.8. The highest BCUT2D eigenvalue weighted by Gasteiger charge is 2.18. The third-order valence-electron chi connectivity index (χ3n) is 4.20. The molecule has 1 aliphatic rings. The molecule has 0 atom stereocenters. The van der Waals surface area contributed by atoms with Gasteiger partial charge in [0.1, 0.15) is 5.84 Å². The number of carbonyl (C=O) groups is 1. The molecule has 8 heteroatoms. The second-order valence-corrected chi connectivity index (χ2v) is 8.27. The van der Waals surface area contributed by atoms with E-state index in [1.54, 1.807) is 24.3 Å². The van der Waals surface area contributed by atoms with Gasteiger partial charge in [0.05, 0.1) is 11.4 Å². The zero-order valence-electron chi connectivity index (χ0n) is 16.1.